The average Bonchev–Trinajstić information content (AvgIpc) is 2.40. The number of hydrogen-bond donors (Lipinski definition) is 0. The number of amides is 1. The Kier molecular flexibility index (Phi) is 4.83. The molecule has 1 amide bonds. The fraction of sp³-hybridized carbons (Fsp3) is 0.562. The van der Waals surface area contributed by atoms with Crippen LogP contribution >= 0.6 is 0 Å². The Morgan fingerprint density at radius 3 is 2.47 bits per heavy atom. The molecule has 104 valence electrons. The molecule has 1 aromatic rings. The fourth-order valence-electron chi connectivity index (χ4n) is 2.81. The van der Waals surface area contributed by atoms with Gasteiger partial charge in [-0.3, -0.25) is 4.79 Å². The lowest BCUT2D eigenvalue weighted by molar-refractivity contribution is -0.137. The third kappa shape index (κ3) is 3.72. The number of para-hydroxylation sites is 1. The molecule has 0 aromatic heterocycles. The predicted octanol–water partition coefficient (Wildman–Crippen LogP) is 3.25. The van der Waals surface area contributed by atoms with Crippen molar-refractivity contribution in [2.24, 2.45) is 0 Å². The Morgan fingerprint density at radius 2 is 1.84 bits per heavy atom. The maximum atomic E-state index is 12.3. The summed E-state index contributed by atoms with van der Waals surface area (Å²) in [4.78, 5) is 14.3. The molecule has 0 spiro atoms. The van der Waals surface area contributed by atoms with Crippen molar-refractivity contribution in [1.82, 2.24) is 4.90 Å². The van der Waals surface area contributed by atoms with Gasteiger partial charge < -0.3 is 9.64 Å². The summed E-state index contributed by atoms with van der Waals surface area (Å²) in [6, 6.07) is 10.4. The predicted molar refractivity (Wildman–Crippen MR) is 76.2 cm³/mol. The second kappa shape index (κ2) is 6.60. The van der Waals surface area contributed by atoms with Gasteiger partial charge in [0.05, 0.1) is 13.0 Å². The zero-order valence-corrected chi connectivity index (χ0v) is 11.8. The molecule has 3 heteroatoms. The Hall–Kier alpha value is -1.51. The van der Waals surface area contributed by atoms with Crippen LogP contribution in [0.5, 0.6) is 5.75 Å². The van der Waals surface area contributed by atoms with Crippen LogP contribution in [0.15, 0.2) is 30.3 Å². The maximum Gasteiger partial charge on any atom is 0.226 e. The third-order valence-corrected chi connectivity index (χ3v) is 3.81. The molecule has 0 bridgehead atoms. The van der Waals surface area contributed by atoms with Gasteiger partial charge in [-0.1, -0.05) is 18.2 Å². The van der Waals surface area contributed by atoms with E-state index in [1.165, 1.54) is 6.42 Å². The lowest BCUT2D eigenvalue weighted by atomic mass is 9.97. The lowest BCUT2D eigenvalue weighted by Crippen LogP contribution is -2.47. The van der Waals surface area contributed by atoms with E-state index in [-0.39, 0.29) is 5.91 Å². The number of likely N-dealkylation sites (tertiary alicyclic amines) is 1. The molecule has 2 unspecified atom stereocenters. The molecule has 1 heterocycles. The van der Waals surface area contributed by atoms with Crippen molar-refractivity contribution in [3.8, 4) is 5.75 Å². The monoisotopic (exact) mass is 261 g/mol. The van der Waals surface area contributed by atoms with Gasteiger partial charge in [-0.2, -0.15) is 0 Å². The highest BCUT2D eigenvalue weighted by Gasteiger charge is 2.28. The van der Waals surface area contributed by atoms with Gasteiger partial charge in [-0.25, -0.2) is 0 Å². The first-order valence-corrected chi connectivity index (χ1v) is 7.17. The number of rotatable bonds is 4. The van der Waals surface area contributed by atoms with Gasteiger partial charge in [-0.15, -0.1) is 0 Å². The van der Waals surface area contributed by atoms with Gasteiger partial charge in [0.15, 0.2) is 0 Å². The minimum absolute atomic E-state index is 0.218. The van der Waals surface area contributed by atoms with E-state index < -0.39 is 0 Å². The number of carbonyl (C=O) groups is 1. The molecule has 0 radical (unpaired) electrons. The number of benzene rings is 1. The Balaban J connectivity index is 1.80. The second-order valence-electron chi connectivity index (χ2n) is 5.34. The summed E-state index contributed by atoms with van der Waals surface area (Å²) in [5, 5.41) is 0. The third-order valence-electron chi connectivity index (χ3n) is 3.81. The summed E-state index contributed by atoms with van der Waals surface area (Å²) in [5.74, 6) is 1.05. The first-order chi connectivity index (χ1) is 9.18. The van der Waals surface area contributed by atoms with Gasteiger partial charge in [-0.05, 0) is 45.2 Å². The van der Waals surface area contributed by atoms with Crippen molar-refractivity contribution < 1.29 is 9.53 Å². The molecule has 2 atom stereocenters. The largest absolute Gasteiger partial charge is 0.493 e. The Bertz CT molecular complexity index is 394. The zero-order chi connectivity index (χ0) is 13.7. The topological polar surface area (TPSA) is 29.5 Å². The van der Waals surface area contributed by atoms with Crippen LogP contribution in [0.4, 0.5) is 0 Å². The molecule has 2 rings (SSSR count). The quantitative estimate of drug-likeness (QED) is 0.832. The SMILES string of the molecule is CC1CCCC(C)N1C(=O)CCOc1ccccc1. The molecule has 19 heavy (non-hydrogen) atoms. The summed E-state index contributed by atoms with van der Waals surface area (Å²) in [7, 11) is 0. The summed E-state index contributed by atoms with van der Waals surface area (Å²) in [6.07, 6.45) is 3.93. The summed E-state index contributed by atoms with van der Waals surface area (Å²) in [5.41, 5.74) is 0. The van der Waals surface area contributed by atoms with Crippen LogP contribution in [-0.4, -0.2) is 29.5 Å². The van der Waals surface area contributed by atoms with Crippen LogP contribution in [0.3, 0.4) is 0 Å². The van der Waals surface area contributed by atoms with Gasteiger partial charge in [0.25, 0.3) is 0 Å². The van der Waals surface area contributed by atoms with Crippen LogP contribution in [0.2, 0.25) is 0 Å². The average molecular weight is 261 g/mol. The maximum absolute atomic E-state index is 12.3. The highest BCUT2D eigenvalue weighted by atomic mass is 16.5. The summed E-state index contributed by atoms with van der Waals surface area (Å²) < 4.78 is 5.59. The van der Waals surface area contributed by atoms with Crippen LogP contribution in [0, 0.1) is 0 Å². The van der Waals surface area contributed by atoms with Crippen molar-refractivity contribution in [3.63, 3.8) is 0 Å². The Morgan fingerprint density at radius 1 is 1.21 bits per heavy atom. The number of ether oxygens (including phenoxy) is 1. The molecule has 1 fully saturated rings. The van der Waals surface area contributed by atoms with E-state index in [0.29, 0.717) is 25.1 Å². The molecule has 1 aliphatic heterocycles. The molecule has 0 N–H and O–H groups in total. The highest BCUT2D eigenvalue weighted by molar-refractivity contribution is 5.77. The normalized spacial score (nSPS) is 23.2. The van der Waals surface area contributed by atoms with Crippen LogP contribution in [0.1, 0.15) is 39.5 Å². The molecule has 1 aliphatic rings. The molecule has 1 saturated heterocycles. The summed E-state index contributed by atoms with van der Waals surface area (Å²) in [6.45, 7) is 4.75. The minimum Gasteiger partial charge on any atom is -0.493 e. The molecule has 0 saturated carbocycles. The highest BCUT2D eigenvalue weighted by Crippen LogP contribution is 2.23. The van der Waals surface area contributed by atoms with Gasteiger partial charge in [0.1, 0.15) is 5.75 Å². The number of carbonyl (C=O) groups excluding carboxylic acids is 1. The smallest absolute Gasteiger partial charge is 0.226 e. The van der Waals surface area contributed by atoms with Crippen molar-refractivity contribution in [3.05, 3.63) is 30.3 Å². The molecular weight excluding hydrogens is 238 g/mol. The number of hydrogen-bond acceptors (Lipinski definition) is 2. The van der Waals surface area contributed by atoms with Crippen LogP contribution in [0.25, 0.3) is 0 Å². The van der Waals surface area contributed by atoms with E-state index >= 15 is 0 Å². The first kappa shape index (κ1) is 13.9. The van der Waals surface area contributed by atoms with E-state index in [4.69, 9.17) is 4.74 Å². The molecule has 3 nitrogen and oxygen atoms in total. The van der Waals surface area contributed by atoms with Crippen molar-refractivity contribution in [2.45, 2.75) is 51.6 Å². The van der Waals surface area contributed by atoms with E-state index in [0.717, 1.165) is 18.6 Å². The second-order valence-corrected chi connectivity index (χ2v) is 5.34. The lowest BCUT2D eigenvalue weighted by Gasteiger charge is -2.39. The molecule has 0 aliphatic carbocycles. The molecule has 1 aromatic carbocycles. The number of nitrogens with zero attached hydrogens (tertiary/aromatic N) is 1. The fourth-order valence-corrected chi connectivity index (χ4v) is 2.81. The van der Waals surface area contributed by atoms with Gasteiger partial charge in [0, 0.05) is 12.1 Å². The van der Waals surface area contributed by atoms with E-state index in [1.54, 1.807) is 0 Å². The van der Waals surface area contributed by atoms with Crippen LogP contribution in [-0.2, 0) is 4.79 Å². The van der Waals surface area contributed by atoms with Gasteiger partial charge in [0.2, 0.25) is 5.91 Å². The van der Waals surface area contributed by atoms with Crippen molar-refractivity contribution >= 4 is 5.91 Å². The van der Waals surface area contributed by atoms with E-state index in [9.17, 15) is 4.79 Å². The Labute approximate surface area is 115 Å². The van der Waals surface area contributed by atoms with Crippen molar-refractivity contribution in [1.29, 1.82) is 0 Å². The van der Waals surface area contributed by atoms with Crippen LogP contribution < -0.4 is 4.74 Å². The van der Waals surface area contributed by atoms with E-state index in [1.807, 2.05) is 35.2 Å². The molecular formula is C16H23NO2. The number of piperidine rings is 1. The first-order valence-electron chi connectivity index (χ1n) is 7.17. The van der Waals surface area contributed by atoms with Gasteiger partial charge >= 0.3 is 0 Å². The zero-order valence-electron chi connectivity index (χ0n) is 11.8. The standard InChI is InChI=1S/C16H23NO2/c1-13-7-6-8-14(2)17(13)16(18)11-12-19-15-9-4-3-5-10-15/h3-5,9-10,13-14H,6-8,11-12H2,1-2H3. The minimum atomic E-state index is 0.218. The van der Waals surface area contributed by atoms with Crippen molar-refractivity contribution in [2.75, 3.05) is 6.61 Å². The summed E-state index contributed by atoms with van der Waals surface area (Å²) >= 11 is 0. The van der Waals surface area contributed by atoms with E-state index in [2.05, 4.69) is 13.8 Å².